The van der Waals surface area contributed by atoms with Gasteiger partial charge in [-0.3, -0.25) is 4.90 Å². The Labute approximate surface area is 114 Å². The largest absolute Gasteiger partial charge is 0.383 e. The molecule has 110 valence electrons. The zero-order valence-corrected chi connectivity index (χ0v) is 13.5. The molecule has 0 aromatic heterocycles. The highest BCUT2D eigenvalue weighted by Gasteiger charge is 2.20. The van der Waals surface area contributed by atoms with E-state index in [9.17, 15) is 0 Å². The van der Waals surface area contributed by atoms with Crippen molar-refractivity contribution in [1.29, 1.82) is 0 Å². The molecular weight excluding hydrogens is 224 g/mol. The summed E-state index contributed by atoms with van der Waals surface area (Å²) in [6.45, 7) is 17.6. The molecule has 0 aliphatic carbocycles. The van der Waals surface area contributed by atoms with Crippen molar-refractivity contribution < 1.29 is 4.74 Å². The maximum absolute atomic E-state index is 5.40. The van der Waals surface area contributed by atoms with Gasteiger partial charge in [0.15, 0.2) is 0 Å². The Morgan fingerprint density at radius 2 is 1.44 bits per heavy atom. The summed E-state index contributed by atoms with van der Waals surface area (Å²) in [6.07, 6.45) is 0. The van der Waals surface area contributed by atoms with E-state index in [0.29, 0.717) is 23.9 Å². The zero-order valence-electron chi connectivity index (χ0n) is 13.5. The van der Waals surface area contributed by atoms with Gasteiger partial charge in [-0.15, -0.1) is 0 Å². The van der Waals surface area contributed by atoms with Crippen LogP contribution in [0.15, 0.2) is 0 Å². The highest BCUT2D eigenvalue weighted by Crippen LogP contribution is 2.09. The lowest BCUT2D eigenvalue weighted by Crippen LogP contribution is -2.49. The molecule has 0 spiro atoms. The molecule has 0 saturated heterocycles. The molecule has 1 unspecified atom stereocenters. The van der Waals surface area contributed by atoms with Crippen LogP contribution in [0.25, 0.3) is 0 Å². The molecule has 0 amide bonds. The lowest BCUT2D eigenvalue weighted by molar-refractivity contribution is 0.0725. The molecule has 1 atom stereocenters. The maximum atomic E-state index is 5.40. The second-order valence-corrected chi connectivity index (χ2v) is 6.41. The van der Waals surface area contributed by atoms with Crippen LogP contribution >= 0.6 is 0 Å². The number of nitrogens with one attached hydrogen (secondary N) is 1. The van der Waals surface area contributed by atoms with Crippen molar-refractivity contribution in [2.24, 2.45) is 11.8 Å². The van der Waals surface area contributed by atoms with Gasteiger partial charge < -0.3 is 10.1 Å². The molecular formula is C15H34N2O. The first-order valence-corrected chi connectivity index (χ1v) is 7.33. The van der Waals surface area contributed by atoms with Gasteiger partial charge in [0.05, 0.1) is 6.61 Å². The van der Waals surface area contributed by atoms with Gasteiger partial charge in [-0.05, 0) is 11.8 Å². The summed E-state index contributed by atoms with van der Waals surface area (Å²) in [5.41, 5.74) is 0. The molecule has 0 heterocycles. The summed E-state index contributed by atoms with van der Waals surface area (Å²) in [5, 5.41) is 3.54. The van der Waals surface area contributed by atoms with Crippen LogP contribution in [-0.2, 0) is 4.74 Å². The molecule has 3 nitrogen and oxygen atoms in total. The first-order chi connectivity index (χ1) is 8.36. The number of rotatable bonds is 10. The minimum absolute atomic E-state index is 0.474. The van der Waals surface area contributed by atoms with Gasteiger partial charge >= 0.3 is 0 Å². The third-order valence-electron chi connectivity index (χ3n) is 2.84. The highest BCUT2D eigenvalue weighted by molar-refractivity contribution is 4.76. The third kappa shape index (κ3) is 8.90. The van der Waals surface area contributed by atoms with Gasteiger partial charge in [0, 0.05) is 38.8 Å². The number of hydrogen-bond donors (Lipinski definition) is 1. The van der Waals surface area contributed by atoms with Crippen molar-refractivity contribution in [3.05, 3.63) is 0 Å². The van der Waals surface area contributed by atoms with Crippen molar-refractivity contribution in [3.63, 3.8) is 0 Å². The van der Waals surface area contributed by atoms with E-state index in [1.807, 2.05) is 0 Å². The monoisotopic (exact) mass is 258 g/mol. The van der Waals surface area contributed by atoms with Crippen molar-refractivity contribution in [1.82, 2.24) is 10.2 Å². The Balaban J connectivity index is 4.50. The van der Waals surface area contributed by atoms with Crippen LogP contribution in [0.3, 0.4) is 0 Å². The Morgan fingerprint density at radius 3 is 1.78 bits per heavy atom. The molecule has 0 aliphatic heterocycles. The first kappa shape index (κ1) is 17.9. The molecule has 3 heteroatoms. The highest BCUT2D eigenvalue weighted by atomic mass is 16.5. The zero-order chi connectivity index (χ0) is 14.1. The molecule has 0 saturated carbocycles. The topological polar surface area (TPSA) is 24.5 Å². The lowest BCUT2D eigenvalue weighted by atomic mass is 10.1. The smallest absolute Gasteiger partial charge is 0.0630 e. The van der Waals surface area contributed by atoms with Crippen LogP contribution in [0.4, 0.5) is 0 Å². The summed E-state index contributed by atoms with van der Waals surface area (Å²) >= 11 is 0. The number of hydrogen-bond acceptors (Lipinski definition) is 3. The van der Waals surface area contributed by atoms with Gasteiger partial charge in [0.2, 0.25) is 0 Å². The maximum Gasteiger partial charge on any atom is 0.0630 e. The molecule has 0 fully saturated rings. The minimum Gasteiger partial charge on any atom is -0.383 e. The van der Waals surface area contributed by atoms with Crippen LogP contribution in [0, 0.1) is 11.8 Å². The first-order valence-electron chi connectivity index (χ1n) is 7.33. The lowest BCUT2D eigenvalue weighted by Gasteiger charge is -2.34. The molecule has 0 bridgehead atoms. The normalized spacial score (nSPS) is 14.2. The summed E-state index contributed by atoms with van der Waals surface area (Å²) in [4.78, 5) is 2.58. The summed E-state index contributed by atoms with van der Waals surface area (Å²) in [6, 6.07) is 1.01. The van der Waals surface area contributed by atoms with Crippen molar-refractivity contribution in [3.8, 4) is 0 Å². The Bertz CT molecular complexity index is 183. The van der Waals surface area contributed by atoms with Gasteiger partial charge in [-0.25, -0.2) is 0 Å². The fourth-order valence-corrected chi connectivity index (χ4v) is 2.17. The molecule has 0 aliphatic rings. The standard InChI is InChI=1S/C15H34N2O/c1-12(2)9-17(10-13(3)4)15(11-18-7)8-16-14(5)6/h12-16H,8-11H2,1-7H3. The van der Waals surface area contributed by atoms with Crippen molar-refractivity contribution >= 4 is 0 Å². The van der Waals surface area contributed by atoms with Gasteiger partial charge in [-0.2, -0.15) is 0 Å². The summed E-state index contributed by atoms with van der Waals surface area (Å²) in [5.74, 6) is 1.39. The molecule has 18 heavy (non-hydrogen) atoms. The van der Waals surface area contributed by atoms with E-state index < -0.39 is 0 Å². The van der Waals surface area contributed by atoms with Crippen LogP contribution in [0.1, 0.15) is 41.5 Å². The molecule has 0 rings (SSSR count). The van der Waals surface area contributed by atoms with Crippen molar-refractivity contribution in [2.75, 3.05) is 33.4 Å². The van der Waals surface area contributed by atoms with Crippen LogP contribution < -0.4 is 5.32 Å². The molecule has 0 radical (unpaired) electrons. The van der Waals surface area contributed by atoms with E-state index in [0.717, 1.165) is 26.2 Å². The average Bonchev–Trinajstić information content (AvgIpc) is 2.21. The Kier molecular flexibility index (Phi) is 9.70. The predicted molar refractivity (Wildman–Crippen MR) is 80.1 cm³/mol. The number of methoxy groups -OCH3 is 1. The fraction of sp³-hybridized carbons (Fsp3) is 1.00. The molecule has 1 N–H and O–H groups in total. The minimum atomic E-state index is 0.474. The molecule has 0 aromatic rings. The van der Waals surface area contributed by atoms with Crippen LogP contribution in [0.2, 0.25) is 0 Å². The van der Waals surface area contributed by atoms with Gasteiger partial charge in [0.1, 0.15) is 0 Å². The Morgan fingerprint density at radius 1 is 0.944 bits per heavy atom. The summed E-state index contributed by atoms with van der Waals surface area (Å²) in [7, 11) is 1.80. The van der Waals surface area contributed by atoms with E-state index >= 15 is 0 Å². The van der Waals surface area contributed by atoms with E-state index in [1.165, 1.54) is 0 Å². The molecule has 0 aromatic carbocycles. The summed E-state index contributed by atoms with van der Waals surface area (Å²) < 4.78 is 5.40. The van der Waals surface area contributed by atoms with Gasteiger partial charge in [-0.1, -0.05) is 41.5 Å². The SMILES string of the molecule is COCC(CNC(C)C)N(CC(C)C)CC(C)C. The number of nitrogens with zero attached hydrogens (tertiary/aromatic N) is 1. The third-order valence-corrected chi connectivity index (χ3v) is 2.84. The average molecular weight is 258 g/mol. The quantitative estimate of drug-likeness (QED) is 0.652. The van der Waals surface area contributed by atoms with Crippen LogP contribution in [-0.4, -0.2) is 50.3 Å². The Hall–Kier alpha value is -0.120. The van der Waals surface area contributed by atoms with Crippen molar-refractivity contribution in [2.45, 2.75) is 53.6 Å². The van der Waals surface area contributed by atoms with E-state index in [1.54, 1.807) is 7.11 Å². The van der Waals surface area contributed by atoms with Crippen LogP contribution in [0.5, 0.6) is 0 Å². The second-order valence-electron chi connectivity index (χ2n) is 6.41. The van der Waals surface area contributed by atoms with E-state index in [4.69, 9.17) is 4.74 Å². The fourth-order valence-electron chi connectivity index (χ4n) is 2.17. The number of ether oxygens (including phenoxy) is 1. The predicted octanol–water partition coefficient (Wildman–Crippen LogP) is 2.61. The van der Waals surface area contributed by atoms with Gasteiger partial charge in [0.25, 0.3) is 0 Å². The van der Waals surface area contributed by atoms with E-state index in [-0.39, 0.29) is 0 Å². The van der Waals surface area contributed by atoms with E-state index in [2.05, 4.69) is 51.8 Å². The second kappa shape index (κ2) is 9.76.